The molecule has 0 aliphatic heterocycles. The van der Waals surface area contributed by atoms with Crippen LogP contribution >= 0.6 is 15.9 Å². The van der Waals surface area contributed by atoms with Crippen LogP contribution in [0, 0.1) is 0 Å². The second-order valence-electron chi connectivity index (χ2n) is 3.56. The fourth-order valence-corrected chi connectivity index (χ4v) is 1.96. The molecule has 0 unspecified atom stereocenters. The van der Waals surface area contributed by atoms with Gasteiger partial charge in [-0.1, -0.05) is 22.0 Å². The number of halogens is 1. The Balaban J connectivity index is 2.24. The fourth-order valence-electron chi connectivity index (χ4n) is 1.49. The Bertz CT molecular complexity index is 547. The summed E-state index contributed by atoms with van der Waals surface area (Å²) in [5, 5.41) is 3.18. The van der Waals surface area contributed by atoms with Crippen LogP contribution in [0.2, 0.25) is 0 Å². The maximum Gasteiger partial charge on any atom is 0.142 e. The van der Waals surface area contributed by atoms with Crippen molar-refractivity contribution in [1.29, 1.82) is 0 Å². The number of rotatable bonds is 4. The van der Waals surface area contributed by atoms with Crippen LogP contribution in [0.4, 0.5) is 17.3 Å². The topological polar surface area (TPSA) is 72.2 Å². The number of hydrogen-bond acceptors (Lipinski definition) is 5. The lowest BCUT2D eigenvalue weighted by atomic mass is 10.3. The van der Waals surface area contributed by atoms with E-state index in [4.69, 9.17) is 10.6 Å². The van der Waals surface area contributed by atoms with Crippen molar-refractivity contribution in [3.63, 3.8) is 0 Å². The first-order valence-electron chi connectivity index (χ1n) is 5.26. The second kappa shape index (κ2) is 5.70. The van der Waals surface area contributed by atoms with E-state index in [-0.39, 0.29) is 0 Å². The van der Waals surface area contributed by atoms with E-state index >= 15 is 0 Å². The molecule has 0 spiro atoms. The summed E-state index contributed by atoms with van der Waals surface area (Å²) in [6.07, 6.45) is 0. The molecule has 18 heavy (non-hydrogen) atoms. The van der Waals surface area contributed by atoms with E-state index in [0.29, 0.717) is 11.6 Å². The van der Waals surface area contributed by atoms with E-state index in [1.165, 1.54) is 0 Å². The number of hydrogen-bond donors (Lipinski definition) is 3. The smallest absolute Gasteiger partial charge is 0.142 e. The third-order valence-corrected chi connectivity index (χ3v) is 2.73. The largest absolute Gasteiger partial charge is 0.497 e. The van der Waals surface area contributed by atoms with Crippen molar-refractivity contribution in [3.05, 3.63) is 40.9 Å². The van der Waals surface area contributed by atoms with Gasteiger partial charge in [0, 0.05) is 16.2 Å². The fraction of sp³-hybridized carbons (Fsp3) is 0.0833. The molecule has 0 aliphatic rings. The maximum absolute atomic E-state index is 5.31. The van der Waals surface area contributed by atoms with E-state index in [2.05, 4.69) is 31.7 Å². The van der Waals surface area contributed by atoms with Gasteiger partial charge in [-0.15, -0.1) is 0 Å². The number of anilines is 3. The summed E-state index contributed by atoms with van der Waals surface area (Å²) in [6, 6.07) is 11.2. The number of nitrogen functional groups attached to an aromatic ring is 1. The lowest BCUT2D eigenvalue weighted by Gasteiger charge is -2.09. The van der Waals surface area contributed by atoms with Crippen molar-refractivity contribution in [2.45, 2.75) is 0 Å². The summed E-state index contributed by atoms with van der Waals surface area (Å²) in [6.45, 7) is 0. The van der Waals surface area contributed by atoms with Gasteiger partial charge < -0.3 is 15.5 Å². The average Bonchev–Trinajstić information content (AvgIpc) is 2.38. The highest BCUT2D eigenvalue weighted by molar-refractivity contribution is 9.10. The van der Waals surface area contributed by atoms with Gasteiger partial charge in [-0.05, 0) is 24.3 Å². The molecule has 5 nitrogen and oxygen atoms in total. The van der Waals surface area contributed by atoms with Crippen LogP contribution in [0.5, 0.6) is 5.75 Å². The molecule has 6 heteroatoms. The Hall–Kier alpha value is -1.79. The molecule has 0 aliphatic carbocycles. The molecule has 0 saturated heterocycles. The summed E-state index contributed by atoms with van der Waals surface area (Å²) in [5.74, 6) is 7.38. The van der Waals surface area contributed by atoms with Crippen molar-refractivity contribution in [2.24, 2.45) is 5.84 Å². The Morgan fingerprint density at radius 1 is 1.22 bits per heavy atom. The van der Waals surface area contributed by atoms with Gasteiger partial charge in [-0.3, -0.25) is 0 Å². The first-order valence-corrected chi connectivity index (χ1v) is 6.06. The van der Waals surface area contributed by atoms with Crippen LogP contribution in [-0.2, 0) is 0 Å². The molecule has 1 aromatic heterocycles. The van der Waals surface area contributed by atoms with Gasteiger partial charge in [-0.25, -0.2) is 10.8 Å². The summed E-state index contributed by atoms with van der Waals surface area (Å²) in [5.41, 5.74) is 3.38. The van der Waals surface area contributed by atoms with Crippen molar-refractivity contribution in [1.82, 2.24) is 4.98 Å². The summed E-state index contributed by atoms with van der Waals surface area (Å²) < 4.78 is 6.12. The number of ether oxygens (including phenoxy) is 1. The van der Waals surface area contributed by atoms with Gasteiger partial charge >= 0.3 is 0 Å². The van der Waals surface area contributed by atoms with Gasteiger partial charge in [0.25, 0.3) is 0 Å². The lowest BCUT2D eigenvalue weighted by molar-refractivity contribution is 0.415. The Labute approximate surface area is 113 Å². The van der Waals surface area contributed by atoms with Crippen LogP contribution in [0.15, 0.2) is 40.9 Å². The number of nitrogens with one attached hydrogen (secondary N) is 2. The molecule has 0 radical (unpaired) electrons. The predicted molar refractivity (Wildman–Crippen MR) is 76.0 cm³/mol. The van der Waals surface area contributed by atoms with E-state index in [1.807, 2.05) is 30.3 Å². The van der Waals surface area contributed by atoms with E-state index in [9.17, 15) is 0 Å². The van der Waals surface area contributed by atoms with Gasteiger partial charge in [0.15, 0.2) is 0 Å². The van der Waals surface area contributed by atoms with Gasteiger partial charge in [0.05, 0.1) is 7.11 Å². The van der Waals surface area contributed by atoms with Crippen molar-refractivity contribution in [3.8, 4) is 5.75 Å². The minimum atomic E-state index is 0.599. The molecular weight excluding hydrogens is 296 g/mol. The lowest BCUT2D eigenvalue weighted by Crippen LogP contribution is -2.08. The molecule has 2 aromatic rings. The van der Waals surface area contributed by atoms with Gasteiger partial charge in [-0.2, -0.15) is 0 Å². The molecule has 0 amide bonds. The molecule has 0 saturated carbocycles. The van der Waals surface area contributed by atoms with Crippen molar-refractivity contribution >= 4 is 33.3 Å². The SMILES string of the molecule is COc1cc(Br)cc(Nc2cccc(NN)n2)c1. The first-order chi connectivity index (χ1) is 8.71. The van der Waals surface area contributed by atoms with Crippen molar-refractivity contribution < 1.29 is 4.74 Å². The first kappa shape index (κ1) is 12.7. The summed E-state index contributed by atoms with van der Waals surface area (Å²) >= 11 is 3.42. The number of nitrogens with zero attached hydrogens (tertiary/aromatic N) is 1. The minimum Gasteiger partial charge on any atom is -0.497 e. The highest BCUT2D eigenvalue weighted by Crippen LogP contribution is 2.26. The molecule has 0 fully saturated rings. The Morgan fingerprint density at radius 3 is 2.72 bits per heavy atom. The van der Waals surface area contributed by atoms with Crippen molar-refractivity contribution in [2.75, 3.05) is 17.9 Å². The summed E-state index contributed by atoms with van der Waals surface area (Å²) in [4.78, 5) is 4.27. The number of aromatic nitrogens is 1. The third kappa shape index (κ3) is 3.12. The second-order valence-corrected chi connectivity index (χ2v) is 4.47. The minimum absolute atomic E-state index is 0.599. The zero-order valence-corrected chi connectivity index (χ0v) is 11.4. The maximum atomic E-state index is 5.31. The Kier molecular flexibility index (Phi) is 4.01. The predicted octanol–water partition coefficient (Wildman–Crippen LogP) is 2.88. The molecular formula is C12H13BrN4O. The zero-order valence-electron chi connectivity index (χ0n) is 9.77. The molecule has 1 heterocycles. The Morgan fingerprint density at radius 2 is 2.00 bits per heavy atom. The van der Waals surface area contributed by atoms with Crippen LogP contribution in [-0.4, -0.2) is 12.1 Å². The quantitative estimate of drug-likeness (QED) is 0.598. The number of benzene rings is 1. The zero-order chi connectivity index (χ0) is 13.0. The van der Waals surface area contributed by atoms with E-state index < -0.39 is 0 Å². The van der Waals surface area contributed by atoms with Crippen LogP contribution in [0.25, 0.3) is 0 Å². The number of hydrazine groups is 1. The molecule has 1 aromatic carbocycles. The van der Waals surface area contributed by atoms with Gasteiger partial charge in [0.2, 0.25) is 0 Å². The normalized spacial score (nSPS) is 9.94. The highest BCUT2D eigenvalue weighted by Gasteiger charge is 2.01. The molecule has 4 N–H and O–H groups in total. The van der Waals surface area contributed by atoms with Crippen LogP contribution in [0.1, 0.15) is 0 Å². The summed E-state index contributed by atoms with van der Waals surface area (Å²) in [7, 11) is 1.63. The molecule has 0 bridgehead atoms. The van der Waals surface area contributed by atoms with Crippen LogP contribution in [0.3, 0.4) is 0 Å². The number of methoxy groups -OCH3 is 1. The monoisotopic (exact) mass is 308 g/mol. The van der Waals surface area contributed by atoms with E-state index in [0.717, 1.165) is 15.9 Å². The number of nitrogens with two attached hydrogens (primary N) is 1. The highest BCUT2D eigenvalue weighted by atomic mass is 79.9. The third-order valence-electron chi connectivity index (χ3n) is 2.28. The van der Waals surface area contributed by atoms with Gasteiger partial charge in [0.1, 0.15) is 17.4 Å². The van der Waals surface area contributed by atoms with Crippen LogP contribution < -0.4 is 21.3 Å². The molecule has 94 valence electrons. The number of pyridine rings is 1. The average molecular weight is 309 g/mol. The standard InChI is InChI=1S/C12H13BrN4O/c1-18-10-6-8(13)5-9(7-10)15-11-3-2-4-12(16-11)17-14/h2-7H,14H2,1H3,(H2,15,16,17). The van der Waals surface area contributed by atoms with E-state index in [1.54, 1.807) is 13.2 Å². The molecule has 0 atom stereocenters. The molecule has 2 rings (SSSR count).